The van der Waals surface area contributed by atoms with Gasteiger partial charge in [-0.2, -0.15) is 0 Å². The number of fused-ring (bicyclic) bond motifs is 1. The van der Waals surface area contributed by atoms with Gasteiger partial charge in [-0.1, -0.05) is 6.42 Å². The maximum atomic E-state index is 6.12. The summed E-state index contributed by atoms with van der Waals surface area (Å²) in [7, 11) is 0. The van der Waals surface area contributed by atoms with E-state index in [4.69, 9.17) is 9.15 Å². The summed E-state index contributed by atoms with van der Waals surface area (Å²) in [6.07, 6.45) is 9.04. The number of pyridine rings is 1. The maximum absolute atomic E-state index is 6.12. The lowest BCUT2D eigenvalue weighted by Crippen LogP contribution is -2.34. The molecule has 0 saturated carbocycles. The fourth-order valence-corrected chi connectivity index (χ4v) is 3.72. The number of rotatable bonds is 5. The molecule has 2 aromatic rings. The lowest BCUT2D eigenvalue weighted by molar-refractivity contribution is 0.0467. The van der Waals surface area contributed by atoms with Gasteiger partial charge in [-0.3, -0.25) is 0 Å². The van der Waals surface area contributed by atoms with Crippen molar-refractivity contribution in [1.29, 1.82) is 0 Å². The van der Waals surface area contributed by atoms with Crippen molar-refractivity contribution in [3.05, 3.63) is 24.6 Å². The molecule has 0 bridgehead atoms. The van der Waals surface area contributed by atoms with Gasteiger partial charge < -0.3 is 19.0 Å². The molecule has 124 valence electrons. The molecular weight excluding hydrogens is 290 g/mol. The van der Waals surface area contributed by atoms with E-state index in [2.05, 4.69) is 14.8 Å². The van der Waals surface area contributed by atoms with Crippen LogP contribution in [0.15, 0.2) is 29.0 Å². The topological polar surface area (TPSA) is 41.7 Å². The van der Waals surface area contributed by atoms with Crippen LogP contribution >= 0.6 is 0 Å². The monoisotopic (exact) mass is 315 g/mol. The summed E-state index contributed by atoms with van der Waals surface area (Å²) in [5.41, 5.74) is 0.907. The summed E-state index contributed by atoms with van der Waals surface area (Å²) < 4.78 is 11.6. The van der Waals surface area contributed by atoms with Gasteiger partial charge in [-0.25, -0.2) is 4.98 Å². The van der Waals surface area contributed by atoms with Crippen molar-refractivity contribution in [1.82, 2.24) is 9.88 Å². The Morgan fingerprint density at radius 3 is 3.00 bits per heavy atom. The molecule has 2 fully saturated rings. The number of hydrogen-bond donors (Lipinski definition) is 0. The second-order valence-corrected chi connectivity index (χ2v) is 6.60. The molecule has 1 unspecified atom stereocenters. The minimum Gasteiger partial charge on any atom is -0.464 e. The zero-order valence-corrected chi connectivity index (χ0v) is 13.6. The molecule has 1 atom stereocenters. The first-order chi connectivity index (χ1) is 11.4. The van der Waals surface area contributed by atoms with Crippen LogP contribution in [0.25, 0.3) is 11.0 Å². The van der Waals surface area contributed by atoms with Crippen molar-refractivity contribution >= 4 is 16.8 Å². The van der Waals surface area contributed by atoms with E-state index in [0.717, 1.165) is 49.4 Å². The average molecular weight is 315 g/mol. The van der Waals surface area contributed by atoms with E-state index in [1.54, 1.807) is 6.26 Å². The van der Waals surface area contributed by atoms with Gasteiger partial charge in [-0.05, 0) is 44.5 Å². The first kappa shape index (κ1) is 15.0. The average Bonchev–Trinajstić information content (AvgIpc) is 3.24. The molecule has 2 aliphatic heterocycles. The zero-order valence-electron chi connectivity index (χ0n) is 13.6. The molecule has 0 amide bonds. The summed E-state index contributed by atoms with van der Waals surface area (Å²) in [6, 6.07) is 3.92. The number of likely N-dealkylation sites (tertiary alicyclic amines) is 1. The molecule has 5 nitrogen and oxygen atoms in total. The van der Waals surface area contributed by atoms with Crippen molar-refractivity contribution in [3.63, 3.8) is 0 Å². The summed E-state index contributed by atoms with van der Waals surface area (Å²) in [6.45, 7) is 6.34. The third kappa shape index (κ3) is 3.35. The molecule has 23 heavy (non-hydrogen) atoms. The van der Waals surface area contributed by atoms with E-state index in [9.17, 15) is 0 Å². The number of ether oxygens (including phenoxy) is 1. The first-order valence-corrected chi connectivity index (χ1v) is 8.81. The minimum absolute atomic E-state index is 0.323. The fourth-order valence-electron chi connectivity index (χ4n) is 3.72. The van der Waals surface area contributed by atoms with Crippen LogP contribution in [0, 0.1) is 0 Å². The fraction of sp³-hybridized carbons (Fsp3) is 0.611. The van der Waals surface area contributed by atoms with Crippen molar-refractivity contribution in [2.24, 2.45) is 0 Å². The largest absolute Gasteiger partial charge is 0.464 e. The van der Waals surface area contributed by atoms with Gasteiger partial charge in [0.15, 0.2) is 0 Å². The van der Waals surface area contributed by atoms with Crippen LogP contribution in [0.5, 0.6) is 0 Å². The van der Waals surface area contributed by atoms with Crippen molar-refractivity contribution in [2.75, 3.05) is 44.2 Å². The SMILES string of the molecule is c1cc2occc2c(N2CCC(OCCN3CCCCC3)C2)n1. The lowest BCUT2D eigenvalue weighted by Gasteiger charge is -2.26. The Bertz CT molecular complexity index is 636. The molecule has 5 heteroatoms. The number of nitrogens with zero attached hydrogens (tertiary/aromatic N) is 3. The third-order valence-electron chi connectivity index (χ3n) is 5.01. The summed E-state index contributed by atoms with van der Waals surface area (Å²) in [5.74, 6) is 1.03. The standard InChI is InChI=1S/C18H25N3O2/c1-2-8-20(9-3-1)11-13-22-15-5-10-21(14-15)18-16-6-12-23-17(16)4-7-19-18/h4,6-7,12,15H,1-3,5,8-11,13-14H2. The van der Waals surface area contributed by atoms with Gasteiger partial charge in [0.1, 0.15) is 11.4 Å². The maximum Gasteiger partial charge on any atom is 0.139 e. The zero-order chi connectivity index (χ0) is 15.5. The Morgan fingerprint density at radius 1 is 1.17 bits per heavy atom. The van der Waals surface area contributed by atoms with Crippen LogP contribution in [0.1, 0.15) is 25.7 Å². The highest BCUT2D eigenvalue weighted by Gasteiger charge is 2.25. The van der Waals surface area contributed by atoms with Gasteiger partial charge in [0.25, 0.3) is 0 Å². The van der Waals surface area contributed by atoms with Crippen LogP contribution in [0.2, 0.25) is 0 Å². The van der Waals surface area contributed by atoms with Crippen LogP contribution in [-0.2, 0) is 4.74 Å². The first-order valence-electron chi connectivity index (χ1n) is 8.81. The second-order valence-electron chi connectivity index (χ2n) is 6.60. The highest BCUT2D eigenvalue weighted by atomic mass is 16.5. The molecule has 4 heterocycles. The van der Waals surface area contributed by atoms with E-state index >= 15 is 0 Å². The number of anilines is 1. The second kappa shape index (κ2) is 6.89. The van der Waals surface area contributed by atoms with Crippen molar-refractivity contribution in [3.8, 4) is 0 Å². The summed E-state index contributed by atoms with van der Waals surface area (Å²) in [4.78, 5) is 9.41. The molecular formula is C18H25N3O2. The molecule has 0 N–H and O–H groups in total. The molecule has 2 aliphatic rings. The van der Waals surface area contributed by atoms with Crippen LogP contribution in [0.3, 0.4) is 0 Å². The van der Waals surface area contributed by atoms with Gasteiger partial charge >= 0.3 is 0 Å². The lowest BCUT2D eigenvalue weighted by atomic mass is 10.1. The molecule has 0 aliphatic carbocycles. The van der Waals surface area contributed by atoms with E-state index < -0.39 is 0 Å². The van der Waals surface area contributed by atoms with E-state index in [0.29, 0.717) is 6.10 Å². The van der Waals surface area contributed by atoms with Gasteiger partial charge in [0.2, 0.25) is 0 Å². The Balaban J connectivity index is 1.30. The number of hydrogen-bond acceptors (Lipinski definition) is 5. The Labute approximate surface area is 137 Å². The van der Waals surface area contributed by atoms with Gasteiger partial charge in [0, 0.05) is 25.8 Å². The summed E-state index contributed by atoms with van der Waals surface area (Å²) >= 11 is 0. The minimum atomic E-state index is 0.323. The normalized spacial score (nSPS) is 23.0. The Morgan fingerprint density at radius 2 is 2.09 bits per heavy atom. The third-order valence-corrected chi connectivity index (χ3v) is 5.01. The van der Waals surface area contributed by atoms with Crippen molar-refractivity contribution < 1.29 is 9.15 Å². The van der Waals surface area contributed by atoms with Crippen LogP contribution < -0.4 is 4.90 Å². The predicted molar refractivity (Wildman–Crippen MR) is 90.9 cm³/mol. The highest BCUT2D eigenvalue weighted by Crippen LogP contribution is 2.28. The molecule has 4 rings (SSSR count). The molecule has 2 aromatic heterocycles. The van der Waals surface area contributed by atoms with Crippen molar-refractivity contribution in [2.45, 2.75) is 31.8 Å². The van der Waals surface area contributed by atoms with Crippen LogP contribution in [-0.4, -0.2) is 55.3 Å². The van der Waals surface area contributed by atoms with E-state index in [-0.39, 0.29) is 0 Å². The van der Waals surface area contributed by atoms with E-state index in [1.807, 2.05) is 18.3 Å². The van der Waals surface area contributed by atoms with Gasteiger partial charge in [-0.15, -0.1) is 0 Å². The molecule has 0 radical (unpaired) electrons. The molecule has 0 spiro atoms. The van der Waals surface area contributed by atoms with Gasteiger partial charge in [0.05, 0.1) is 24.4 Å². The summed E-state index contributed by atoms with van der Waals surface area (Å²) in [5, 5.41) is 1.10. The number of aromatic nitrogens is 1. The number of piperidine rings is 1. The van der Waals surface area contributed by atoms with E-state index in [1.165, 1.54) is 32.4 Å². The predicted octanol–water partition coefficient (Wildman–Crippen LogP) is 2.91. The smallest absolute Gasteiger partial charge is 0.139 e. The Hall–Kier alpha value is -1.59. The molecule has 0 aromatic carbocycles. The number of furan rings is 1. The molecule has 2 saturated heterocycles. The Kier molecular flexibility index (Phi) is 4.48. The highest BCUT2D eigenvalue weighted by molar-refractivity contribution is 5.88. The van der Waals surface area contributed by atoms with Crippen LogP contribution in [0.4, 0.5) is 5.82 Å². The quantitative estimate of drug-likeness (QED) is 0.848.